The third-order valence-electron chi connectivity index (χ3n) is 3.18. The summed E-state index contributed by atoms with van der Waals surface area (Å²) in [5.74, 6) is -0.0249. The molecule has 0 N–H and O–H groups in total. The van der Waals surface area contributed by atoms with Crippen LogP contribution in [0.4, 0.5) is 0 Å². The SMILES string of the molecule is O=C(/C=C(\c1ccccc1)n1ccnc1)c1ccccc1. The lowest BCUT2D eigenvalue weighted by Crippen LogP contribution is -2.01. The van der Waals surface area contributed by atoms with Gasteiger partial charge in [-0.2, -0.15) is 0 Å². The van der Waals surface area contributed by atoms with Gasteiger partial charge in [0.2, 0.25) is 0 Å². The van der Waals surface area contributed by atoms with Crippen LogP contribution < -0.4 is 0 Å². The fourth-order valence-corrected chi connectivity index (χ4v) is 2.13. The highest BCUT2D eigenvalue weighted by Crippen LogP contribution is 2.17. The third-order valence-corrected chi connectivity index (χ3v) is 3.18. The Bertz CT molecular complexity index is 744. The maximum Gasteiger partial charge on any atom is 0.187 e. The Kier molecular flexibility index (Phi) is 3.74. The van der Waals surface area contributed by atoms with E-state index in [1.54, 1.807) is 18.6 Å². The minimum absolute atomic E-state index is 0.0249. The van der Waals surface area contributed by atoms with Gasteiger partial charge >= 0.3 is 0 Å². The molecule has 3 heteroatoms. The first-order chi connectivity index (χ1) is 10.3. The molecule has 0 bridgehead atoms. The molecule has 0 saturated carbocycles. The second-order valence-electron chi connectivity index (χ2n) is 4.60. The van der Waals surface area contributed by atoms with Crippen molar-refractivity contribution in [2.24, 2.45) is 0 Å². The molecule has 3 nitrogen and oxygen atoms in total. The molecule has 1 heterocycles. The molecule has 0 saturated heterocycles. The summed E-state index contributed by atoms with van der Waals surface area (Å²) in [5.41, 5.74) is 2.45. The molecule has 0 spiro atoms. The number of aromatic nitrogens is 2. The van der Waals surface area contributed by atoms with Gasteiger partial charge in [-0.25, -0.2) is 4.98 Å². The number of rotatable bonds is 4. The highest BCUT2D eigenvalue weighted by molar-refractivity contribution is 6.08. The number of carbonyl (C=O) groups excluding carboxylic acids is 1. The number of ketones is 1. The van der Waals surface area contributed by atoms with E-state index in [1.165, 1.54) is 0 Å². The fraction of sp³-hybridized carbons (Fsp3) is 0. The molecule has 0 unspecified atom stereocenters. The predicted octanol–water partition coefficient (Wildman–Crippen LogP) is 3.66. The van der Waals surface area contributed by atoms with Crippen LogP contribution in [0.25, 0.3) is 5.70 Å². The summed E-state index contributed by atoms with van der Waals surface area (Å²) >= 11 is 0. The smallest absolute Gasteiger partial charge is 0.187 e. The Morgan fingerprint density at radius 1 is 0.905 bits per heavy atom. The molecule has 0 radical (unpaired) electrons. The van der Waals surface area contributed by atoms with E-state index in [9.17, 15) is 4.79 Å². The maximum atomic E-state index is 12.4. The van der Waals surface area contributed by atoms with Gasteiger partial charge in [-0.15, -0.1) is 0 Å². The van der Waals surface area contributed by atoms with Gasteiger partial charge in [0.15, 0.2) is 5.78 Å². The van der Waals surface area contributed by atoms with Gasteiger partial charge in [-0.1, -0.05) is 60.7 Å². The highest BCUT2D eigenvalue weighted by Gasteiger charge is 2.08. The third kappa shape index (κ3) is 2.98. The standard InChI is InChI=1S/C18H14N2O/c21-18(16-9-5-2-6-10-16)13-17(20-12-11-19-14-20)15-7-3-1-4-8-15/h1-14H/b17-13+. The lowest BCUT2D eigenvalue weighted by molar-refractivity contribution is 0.104. The van der Waals surface area contributed by atoms with E-state index in [0.717, 1.165) is 11.3 Å². The molecular weight excluding hydrogens is 260 g/mol. The highest BCUT2D eigenvalue weighted by atomic mass is 16.1. The van der Waals surface area contributed by atoms with Gasteiger partial charge in [0.1, 0.15) is 0 Å². The van der Waals surface area contributed by atoms with Crippen molar-refractivity contribution in [3.63, 3.8) is 0 Å². The van der Waals surface area contributed by atoms with Gasteiger partial charge in [-0.05, 0) is 5.56 Å². The van der Waals surface area contributed by atoms with E-state index in [0.29, 0.717) is 5.56 Å². The average molecular weight is 274 g/mol. The molecule has 21 heavy (non-hydrogen) atoms. The monoisotopic (exact) mass is 274 g/mol. The van der Waals surface area contributed by atoms with Gasteiger partial charge in [-0.3, -0.25) is 4.79 Å². The van der Waals surface area contributed by atoms with E-state index in [1.807, 2.05) is 71.4 Å². The minimum Gasteiger partial charge on any atom is -0.306 e. The molecule has 0 aliphatic carbocycles. The first-order valence-corrected chi connectivity index (χ1v) is 6.69. The second-order valence-corrected chi connectivity index (χ2v) is 4.60. The summed E-state index contributed by atoms with van der Waals surface area (Å²) in [6.07, 6.45) is 6.87. The van der Waals surface area contributed by atoms with Crippen molar-refractivity contribution in [2.45, 2.75) is 0 Å². The van der Waals surface area contributed by atoms with Crippen molar-refractivity contribution in [3.8, 4) is 0 Å². The average Bonchev–Trinajstić information content (AvgIpc) is 3.08. The Hall–Kier alpha value is -2.94. The lowest BCUT2D eigenvalue weighted by atomic mass is 10.1. The molecule has 3 rings (SSSR count). The number of carbonyl (C=O) groups is 1. The van der Waals surface area contributed by atoms with E-state index >= 15 is 0 Å². The van der Waals surface area contributed by atoms with Crippen LogP contribution in [0, 0.1) is 0 Å². The van der Waals surface area contributed by atoms with Crippen molar-refractivity contribution < 1.29 is 4.79 Å². The van der Waals surface area contributed by atoms with Crippen LogP contribution in [-0.4, -0.2) is 15.3 Å². The molecular formula is C18H14N2O. The van der Waals surface area contributed by atoms with Crippen molar-refractivity contribution >= 4 is 11.5 Å². The van der Waals surface area contributed by atoms with Crippen LogP contribution in [0.5, 0.6) is 0 Å². The molecule has 3 aromatic rings. The summed E-state index contributed by atoms with van der Waals surface area (Å²) < 4.78 is 1.84. The van der Waals surface area contributed by atoms with Crippen LogP contribution in [0.2, 0.25) is 0 Å². The number of hydrogen-bond acceptors (Lipinski definition) is 2. The summed E-state index contributed by atoms with van der Waals surface area (Å²) in [4.78, 5) is 16.5. The molecule has 0 amide bonds. The minimum atomic E-state index is -0.0249. The summed E-state index contributed by atoms with van der Waals surface area (Å²) in [6.45, 7) is 0. The van der Waals surface area contributed by atoms with Crippen molar-refractivity contribution in [2.75, 3.05) is 0 Å². The van der Waals surface area contributed by atoms with Gasteiger partial charge in [0.05, 0.1) is 12.0 Å². The van der Waals surface area contributed by atoms with E-state index in [2.05, 4.69) is 4.98 Å². The van der Waals surface area contributed by atoms with Crippen LogP contribution in [0.1, 0.15) is 15.9 Å². The van der Waals surface area contributed by atoms with Crippen LogP contribution in [0.3, 0.4) is 0 Å². The summed E-state index contributed by atoms with van der Waals surface area (Å²) in [6, 6.07) is 19.1. The predicted molar refractivity (Wildman–Crippen MR) is 82.8 cm³/mol. The summed E-state index contributed by atoms with van der Waals surface area (Å²) in [5, 5.41) is 0. The normalized spacial score (nSPS) is 11.3. The van der Waals surface area contributed by atoms with Gasteiger partial charge in [0, 0.05) is 24.0 Å². The number of benzene rings is 2. The topological polar surface area (TPSA) is 34.9 Å². The molecule has 1 aromatic heterocycles. The first-order valence-electron chi connectivity index (χ1n) is 6.69. The zero-order chi connectivity index (χ0) is 14.5. The second kappa shape index (κ2) is 6.01. The van der Waals surface area contributed by atoms with Crippen molar-refractivity contribution in [1.82, 2.24) is 9.55 Å². The van der Waals surface area contributed by atoms with E-state index in [4.69, 9.17) is 0 Å². The Labute approximate surface area is 123 Å². The Morgan fingerprint density at radius 2 is 1.52 bits per heavy atom. The zero-order valence-electron chi connectivity index (χ0n) is 11.4. The quantitative estimate of drug-likeness (QED) is 0.537. The number of nitrogens with zero attached hydrogens (tertiary/aromatic N) is 2. The Morgan fingerprint density at radius 3 is 2.10 bits per heavy atom. The van der Waals surface area contributed by atoms with Gasteiger partial charge < -0.3 is 4.57 Å². The maximum absolute atomic E-state index is 12.4. The number of imidazole rings is 1. The van der Waals surface area contributed by atoms with Crippen LogP contribution in [0.15, 0.2) is 85.5 Å². The van der Waals surface area contributed by atoms with E-state index < -0.39 is 0 Å². The van der Waals surface area contributed by atoms with Crippen molar-refractivity contribution in [1.29, 1.82) is 0 Å². The number of hydrogen-bond donors (Lipinski definition) is 0. The molecule has 0 aliphatic rings. The molecule has 0 atom stereocenters. The lowest BCUT2D eigenvalue weighted by Gasteiger charge is -2.08. The first kappa shape index (κ1) is 13.1. The molecule has 102 valence electrons. The van der Waals surface area contributed by atoms with E-state index in [-0.39, 0.29) is 5.78 Å². The molecule has 2 aromatic carbocycles. The van der Waals surface area contributed by atoms with Crippen molar-refractivity contribution in [3.05, 3.63) is 96.6 Å². The molecule has 0 aliphatic heterocycles. The summed E-state index contributed by atoms with van der Waals surface area (Å²) in [7, 11) is 0. The van der Waals surface area contributed by atoms with Gasteiger partial charge in [0.25, 0.3) is 0 Å². The number of allylic oxidation sites excluding steroid dienone is 1. The molecule has 0 fully saturated rings. The largest absolute Gasteiger partial charge is 0.306 e. The van der Waals surface area contributed by atoms with Crippen LogP contribution in [-0.2, 0) is 0 Å². The van der Waals surface area contributed by atoms with Crippen LogP contribution >= 0.6 is 0 Å². The zero-order valence-corrected chi connectivity index (χ0v) is 11.4. The fourth-order valence-electron chi connectivity index (χ4n) is 2.13. The Balaban J connectivity index is 2.04.